The number of ether oxygens (including phenoxy) is 2. The maximum absolute atomic E-state index is 12.2. The molecule has 1 fully saturated rings. The molecule has 0 aliphatic carbocycles. The van der Waals surface area contributed by atoms with Crippen LogP contribution in [0.3, 0.4) is 0 Å². The number of esters is 1. The summed E-state index contributed by atoms with van der Waals surface area (Å²) in [6.07, 6.45) is 1.12. The van der Waals surface area contributed by atoms with Crippen molar-refractivity contribution in [2.75, 3.05) is 29.8 Å². The summed E-state index contributed by atoms with van der Waals surface area (Å²) in [5.74, 6) is 0.347. The average Bonchev–Trinajstić information content (AvgIpc) is 3.02. The minimum atomic E-state index is -3.28. The zero-order valence-corrected chi connectivity index (χ0v) is 16.2. The number of anilines is 1. The fourth-order valence-corrected chi connectivity index (χ4v) is 4.43. The fourth-order valence-electron chi connectivity index (χ4n) is 2.75. The zero-order chi connectivity index (χ0) is 19.3. The van der Waals surface area contributed by atoms with Gasteiger partial charge in [-0.2, -0.15) is 0 Å². The van der Waals surface area contributed by atoms with Crippen LogP contribution in [0.4, 0.5) is 5.69 Å². The first-order valence-electron chi connectivity index (χ1n) is 8.62. The van der Waals surface area contributed by atoms with E-state index in [2.05, 4.69) is 0 Å². The normalized spacial score (nSPS) is 15.5. The molecule has 0 bridgehead atoms. The van der Waals surface area contributed by atoms with Gasteiger partial charge in [0.25, 0.3) is 0 Å². The van der Waals surface area contributed by atoms with Crippen LogP contribution in [0.25, 0.3) is 0 Å². The maximum atomic E-state index is 12.2. The first kappa shape index (κ1) is 19.5. The number of hydrogen-bond acceptors (Lipinski definition) is 5. The van der Waals surface area contributed by atoms with Crippen LogP contribution in [0.2, 0.25) is 5.02 Å². The molecule has 144 valence electrons. The summed E-state index contributed by atoms with van der Waals surface area (Å²) in [4.78, 5) is 12.2. The Bertz CT molecular complexity index is 899. The Labute approximate surface area is 163 Å². The Kier molecular flexibility index (Phi) is 6.23. The van der Waals surface area contributed by atoms with Crippen LogP contribution in [0.15, 0.2) is 48.5 Å². The SMILES string of the molecule is O=C(OCCCOc1ccc(Cl)cc1)c1cccc(N2CCCS2(=O)=O)c1. The Morgan fingerprint density at radius 1 is 1.11 bits per heavy atom. The van der Waals surface area contributed by atoms with Gasteiger partial charge in [0, 0.05) is 18.0 Å². The molecule has 1 aliphatic heterocycles. The van der Waals surface area contributed by atoms with Crippen molar-refractivity contribution in [2.45, 2.75) is 12.8 Å². The van der Waals surface area contributed by atoms with Crippen LogP contribution in [0, 0.1) is 0 Å². The molecule has 0 amide bonds. The summed E-state index contributed by atoms with van der Waals surface area (Å²) in [7, 11) is -3.28. The predicted molar refractivity (Wildman–Crippen MR) is 104 cm³/mol. The molecule has 6 nitrogen and oxygen atoms in total. The van der Waals surface area contributed by atoms with E-state index in [-0.39, 0.29) is 12.4 Å². The largest absolute Gasteiger partial charge is 0.493 e. The topological polar surface area (TPSA) is 72.9 Å². The second-order valence-electron chi connectivity index (χ2n) is 6.08. The molecule has 0 spiro atoms. The average molecular weight is 410 g/mol. The van der Waals surface area contributed by atoms with Gasteiger partial charge in [-0.25, -0.2) is 13.2 Å². The summed E-state index contributed by atoms with van der Waals surface area (Å²) in [6.45, 7) is 1.04. The smallest absolute Gasteiger partial charge is 0.338 e. The minimum Gasteiger partial charge on any atom is -0.493 e. The summed E-state index contributed by atoms with van der Waals surface area (Å²) < 4.78 is 36.1. The number of halogens is 1. The van der Waals surface area contributed by atoms with Crippen molar-refractivity contribution >= 4 is 33.3 Å². The lowest BCUT2D eigenvalue weighted by molar-refractivity contribution is 0.0486. The molecule has 0 atom stereocenters. The van der Waals surface area contributed by atoms with E-state index in [0.29, 0.717) is 48.0 Å². The molecule has 27 heavy (non-hydrogen) atoms. The molecule has 1 saturated heterocycles. The summed E-state index contributed by atoms with van der Waals surface area (Å²) in [5.41, 5.74) is 0.821. The third-order valence-electron chi connectivity index (χ3n) is 4.07. The van der Waals surface area contributed by atoms with Crippen LogP contribution in [0.1, 0.15) is 23.2 Å². The number of rotatable bonds is 7. The van der Waals surface area contributed by atoms with E-state index in [1.54, 1.807) is 48.5 Å². The van der Waals surface area contributed by atoms with Crippen molar-refractivity contribution in [1.82, 2.24) is 0 Å². The van der Waals surface area contributed by atoms with Gasteiger partial charge in [0.05, 0.1) is 30.2 Å². The summed E-state index contributed by atoms with van der Waals surface area (Å²) >= 11 is 5.81. The van der Waals surface area contributed by atoms with Gasteiger partial charge < -0.3 is 9.47 Å². The van der Waals surface area contributed by atoms with Crippen molar-refractivity contribution in [3.8, 4) is 5.75 Å². The van der Waals surface area contributed by atoms with Gasteiger partial charge in [-0.05, 0) is 48.9 Å². The molecule has 2 aromatic rings. The number of sulfonamides is 1. The molecule has 0 saturated carbocycles. The fraction of sp³-hybridized carbons (Fsp3) is 0.316. The predicted octanol–water partition coefficient (Wildman–Crippen LogP) is 3.51. The second kappa shape index (κ2) is 8.63. The molecule has 0 N–H and O–H groups in total. The summed E-state index contributed by atoms with van der Waals surface area (Å²) in [5, 5.41) is 0.639. The molecule has 2 aromatic carbocycles. The Hall–Kier alpha value is -2.25. The lowest BCUT2D eigenvalue weighted by atomic mass is 10.2. The molecule has 0 unspecified atom stereocenters. The van der Waals surface area contributed by atoms with E-state index in [4.69, 9.17) is 21.1 Å². The van der Waals surface area contributed by atoms with Crippen LogP contribution < -0.4 is 9.04 Å². The molecule has 3 rings (SSSR count). The first-order chi connectivity index (χ1) is 13.0. The number of hydrogen-bond donors (Lipinski definition) is 0. The Morgan fingerprint density at radius 2 is 1.89 bits per heavy atom. The number of nitrogens with zero attached hydrogens (tertiary/aromatic N) is 1. The first-order valence-corrected chi connectivity index (χ1v) is 10.6. The van der Waals surface area contributed by atoms with Crippen molar-refractivity contribution in [1.29, 1.82) is 0 Å². The zero-order valence-electron chi connectivity index (χ0n) is 14.6. The van der Waals surface area contributed by atoms with Crippen LogP contribution in [0.5, 0.6) is 5.75 Å². The molecular formula is C19H20ClNO5S. The van der Waals surface area contributed by atoms with Gasteiger partial charge in [0.15, 0.2) is 0 Å². The highest BCUT2D eigenvalue weighted by Gasteiger charge is 2.28. The van der Waals surface area contributed by atoms with E-state index in [1.165, 1.54) is 4.31 Å². The molecular weight excluding hydrogens is 390 g/mol. The van der Waals surface area contributed by atoms with Gasteiger partial charge >= 0.3 is 5.97 Å². The van der Waals surface area contributed by atoms with Crippen molar-refractivity contribution in [2.24, 2.45) is 0 Å². The Balaban J connectivity index is 1.48. The molecule has 1 heterocycles. The van der Waals surface area contributed by atoms with E-state index in [1.807, 2.05) is 0 Å². The van der Waals surface area contributed by atoms with Crippen molar-refractivity contribution in [3.63, 3.8) is 0 Å². The van der Waals surface area contributed by atoms with E-state index in [0.717, 1.165) is 0 Å². The lowest BCUT2D eigenvalue weighted by Gasteiger charge is -2.17. The van der Waals surface area contributed by atoms with Crippen molar-refractivity contribution < 1.29 is 22.7 Å². The van der Waals surface area contributed by atoms with Gasteiger partial charge in [0.1, 0.15) is 5.75 Å². The van der Waals surface area contributed by atoms with Gasteiger partial charge in [-0.15, -0.1) is 0 Å². The molecule has 8 heteroatoms. The molecule has 0 radical (unpaired) electrons. The van der Waals surface area contributed by atoms with Gasteiger partial charge in [-0.1, -0.05) is 17.7 Å². The van der Waals surface area contributed by atoms with Crippen molar-refractivity contribution in [3.05, 3.63) is 59.1 Å². The number of carbonyl (C=O) groups is 1. The maximum Gasteiger partial charge on any atom is 0.338 e. The third-order valence-corrected chi connectivity index (χ3v) is 6.19. The lowest BCUT2D eigenvalue weighted by Crippen LogP contribution is -2.25. The van der Waals surface area contributed by atoms with Gasteiger partial charge in [-0.3, -0.25) is 4.31 Å². The number of carbonyl (C=O) groups excluding carboxylic acids is 1. The van der Waals surface area contributed by atoms with Crippen LogP contribution >= 0.6 is 11.6 Å². The molecule has 1 aliphatic rings. The standard InChI is InChI=1S/C19H20ClNO5S/c20-16-6-8-18(9-7-16)25-11-3-12-26-19(22)15-4-1-5-17(14-15)21-10-2-13-27(21,23)24/h1,4-9,14H,2-3,10-13H2. The molecule has 0 aromatic heterocycles. The summed E-state index contributed by atoms with van der Waals surface area (Å²) in [6, 6.07) is 13.5. The monoisotopic (exact) mass is 409 g/mol. The van der Waals surface area contributed by atoms with E-state index in [9.17, 15) is 13.2 Å². The minimum absolute atomic E-state index is 0.134. The van der Waals surface area contributed by atoms with E-state index >= 15 is 0 Å². The quantitative estimate of drug-likeness (QED) is 0.517. The Morgan fingerprint density at radius 3 is 2.59 bits per heavy atom. The van der Waals surface area contributed by atoms with Crippen LogP contribution in [-0.4, -0.2) is 39.9 Å². The van der Waals surface area contributed by atoms with E-state index < -0.39 is 16.0 Å². The highest BCUT2D eigenvalue weighted by molar-refractivity contribution is 7.93. The van der Waals surface area contributed by atoms with Gasteiger partial charge in [0.2, 0.25) is 10.0 Å². The second-order valence-corrected chi connectivity index (χ2v) is 8.53. The highest BCUT2D eigenvalue weighted by Crippen LogP contribution is 2.25. The highest BCUT2D eigenvalue weighted by atomic mass is 35.5. The number of benzene rings is 2. The third kappa shape index (κ3) is 5.14. The van der Waals surface area contributed by atoms with Crippen LogP contribution in [-0.2, 0) is 14.8 Å².